The van der Waals surface area contributed by atoms with Crippen molar-refractivity contribution in [3.8, 4) is 0 Å². The SMILES string of the molecule is CC1(NC(=O)c2sc3nccnc3c2N)CCC1. The van der Waals surface area contributed by atoms with Crippen LogP contribution in [0.5, 0.6) is 0 Å². The highest BCUT2D eigenvalue weighted by atomic mass is 32.1. The molecule has 1 fully saturated rings. The Morgan fingerprint density at radius 3 is 2.78 bits per heavy atom. The van der Waals surface area contributed by atoms with Gasteiger partial charge in [0.25, 0.3) is 5.91 Å². The molecule has 0 atom stereocenters. The number of nitrogen functional groups attached to an aromatic ring is 1. The van der Waals surface area contributed by atoms with Crippen LogP contribution in [0.15, 0.2) is 12.4 Å². The number of aromatic nitrogens is 2. The maximum absolute atomic E-state index is 12.2. The van der Waals surface area contributed by atoms with Gasteiger partial charge in [0.1, 0.15) is 15.2 Å². The Kier molecular flexibility index (Phi) is 2.48. The number of nitrogens with zero attached hydrogens (tertiary/aromatic N) is 2. The van der Waals surface area contributed by atoms with Crippen molar-refractivity contribution in [1.29, 1.82) is 0 Å². The molecule has 0 aromatic carbocycles. The normalized spacial score (nSPS) is 17.4. The molecule has 0 aliphatic heterocycles. The fourth-order valence-corrected chi connectivity index (χ4v) is 3.09. The predicted molar refractivity (Wildman–Crippen MR) is 71.5 cm³/mol. The van der Waals surface area contributed by atoms with Crippen molar-refractivity contribution in [1.82, 2.24) is 15.3 Å². The summed E-state index contributed by atoms with van der Waals surface area (Å²) in [4.78, 5) is 21.8. The van der Waals surface area contributed by atoms with E-state index in [1.807, 2.05) is 0 Å². The summed E-state index contributed by atoms with van der Waals surface area (Å²) in [6, 6.07) is 0. The summed E-state index contributed by atoms with van der Waals surface area (Å²) in [5.41, 5.74) is 6.95. The Labute approximate surface area is 108 Å². The lowest BCUT2D eigenvalue weighted by Gasteiger charge is -2.39. The minimum Gasteiger partial charge on any atom is -0.396 e. The molecule has 0 unspecified atom stereocenters. The minimum absolute atomic E-state index is 0.0689. The molecule has 2 aromatic heterocycles. The van der Waals surface area contributed by atoms with Crippen molar-refractivity contribution in [3.05, 3.63) is 17.3 Å². The molecule has 3 rings (SSSR count). The number of rotatable bonds is 2. The van der Waals surface area contributed by atoms with E-state index in [4.69, 9.17) is 5.73 Å². The molecule has 1 amide bonds. The predicted octanol–water partition coefficient (Wildman–Crippen LogP) is 1.95. The molecule has 1 aliphatic rings. The summed E-state index contributed by atoms with van der Waals surface area (Å²) in [6.45, 7) is 2.06. The van der Waals surface area contributed by atoms with Gasteiger partial charge in [0, 0.05) is 17.9 Å². The maximum Gasteiger partial charge on any atom is 0.264 e. The van der Waals surface area contributed by atoms with Gasteiger partial charge in [0.15, 0.2) is 0 Å². The third-order valence-corrected chi connectivity index (χ3v) is 4.54. The van der Waals surface area contributed by atoms with Crippen LogP contribution < -0.4 is 11.1 Å². The molecule has 0 spiro atoms. The van der Waals surface area contributed by atoms with Crippen LogP contribution in [-0.2, 0) is 0 Å². The number of carbonyl (C=O) groups is 1. The number of hydrogen-bond acceptors (Lipinski definition) is 5. The molecule has 1 saturated carbocycles. The molecular formula is C12H14N4OS. The molecule has 6 heteroatoms. The second-order valence-corrected chi connectivity index (χ2v) is 5.92. The van der Waals surface area contributed by atoms with E-state index in [0.29, 0.717) is 20.9 Å². The lowest BCUT2D eigenvalue weighted by atomic mass is 9.78. The number of anilines is 1. The smallest absolute Gasteiger partial charge is 0.264 e. The topological polar surface area (TPSA) is 80.9 Å². The Balaban J connectivity index is 1.94. The van der Waals surface area contributed by atoms with E-state index in [-0.39, 0.29) is 11.4 Å². The number of nitrogens with one attached hydrogen (secondary N) is 1. The summed E-state index contributed by atoms with van der Waals surface area (Å²) in [6.07, 6.45) is 6.41. The van der Waals surface area contributed by atoms with E-state index < -0.39 is 0 Å². The van der Waals surface area contributed by atoms with E-state index in [9.17, 15) is 4.79 Å². The zero-order valence-corrected chi connectivity index (χ0v) is 10.9. The highest BCUT2D eigenvalue weighted by Gasteiger charge is 2.34. The largest absolute Gasteiger partial charge is 0.396 e. The maximum atomic E-state index is 12.2. The van der Waals surface area contributed by atoms with Gasteiger partial charge in [-0.15, -0.1) is 11.3 Å². The first kappa shape index (κ1) is 11.4. The molecule has 1 aliphatic carbocycles. The summed E-state index contributed by atoms with van der Waals surface area (Å²) in [5, 5.41) is 3.05. The van der Waals surface area contributed by atoms with E-state index in [2.05, 4.69) is 22.2 Å². The van der Waals surface area contributed by atoms with Crippen molar-refractivity contribution < 1.29 is 4.79 Å². The number of thiophene rings is 1. The molecule has 5 nitrogen and oxygen atoms in total. The number of amides is 1. The van der Waals surface area contributed by atoms with Crippen LogP contribution in [0.3, 0.4) is 0 Å². The third-order valence-electron chi connectivity index (χ3n) is 3.44. The van der Waals surface area contributed by atoms with Gasteiger partial charge >= 0.3 is 0 Å². The number of nitrogens with two attached hydrogens (primary N) is 1. The molecular weight excluding hydrogens is 248 g/mol. The van der Waals surface area contributed by atoms with E-state index >= 15 is 0 Å². The third kappa shape index (κ3) is 1.73. The first-order valence-electron chi connectivity index (χ1n) is 5.91. The van der Waals surface area contributed by atoms with Crippen molar-refractivity contribution in [2.75, 3.05) is 5.73 Å². The van der Waals surface area contributed by atoms with Crippen LogP contribution in [0.4, 0.5) is 5.69 Å². The average molecular weight is 262 g/mol. The van der Waals surface area contributed by atoms with Crippen molar-refractivity contribution in [2.24, 2.45) is 0 Å². The minimum atomic E-state index is -0.112. The Morgan fingerprint density at radius 2 is 2.17 bits per heavy atom. The standard InChI is InChI=1S/C12H14N4OS/c1-12(3-2-4-12)16-10(17)9-7(13)8-11(18-9)15-6-5-14-8/h5-6H,2-4,13H2,1H3,(H,16,17). The monoisotopic (exact) mass is 262 g/mol. The Morgan fingerprint density at radius 1 is 1.44 bits per heavy atom. The van der Waals surface area contributed by atoms with Crippen LogP contribution >= 0.6 is 11.3 Å². The lowest BCUT2D eigenvalue weighted by Crippen LogP contribution is -2.50. The van der Waals surface area contributed by atoms with Crippen molar-refractivity contribution in [3.63, 3.8) is 0 Å². The van der Waals surface area contributed by atoms with Gasteiger partial charge in [-0.05, 0) is 26.2 Å². The summed E-state index contributed by atoms with van der Waals surface area (Å²) in [7, 11) is 0. The van der Waals surface area contributed by atoms with Crippen LogP contribution in [-0.4, -0.2) is 21.4 Å². The van der Waals surface area contributed by atoms with E-state index in [0.717, 1.165) is 12.8 Å². The quantitative estimate of drug-likeness (QED) is 0.866. The second-order valence-electron chi connectivity index (χ2n) is 4.92. The van der Waals surface area contributed by atoms with Crippen molar-refractivity contribution >= 4 is 33.3 Å². The van der Waals surface area contributed by atoms with E-state index in [1.54, 1.807) is 12.4 Å². The van der Waals surface area contributed by atoms with Crippen molar-refractivity contribution in [2.45, 2.75) is 31.7 Å². The van der Waals surface area contributed by atoms with Gasteiger partial charge in [0.05, 0.1) is 5.69 Å². The summed E-state index contributed by atoms with van der Waals surface area (Å²) >= 11 is 1.30. The second kappa shape index (κ2) is 3.91. The number of fused-ring (bicyclic) bond motifs is 1. The van der Waals surface area contributed by atoms with Gasteiger partial charge in [-0.25, -0.2) is 9.97 Å². The average Bonchev–Trinajstić information content (AvgIpc) is 2.66. The Hall–Kier alpha value is -1.69. The van der Waals surface area contributed by atoms with Crippen LogP contribution in [0, 0.1) is 0 Å². The first-order valence-corrected chi connectivity index (χ1v) is 6.72. The van der Waals surface area contributed by atoms with Gasteiger partial charge in [-0.1, -0.05) is 0 Å². The Bertz CT molecular complexity index is 618. The zero-order valence-electron chi connectivity index (χ0n) is 10.1. The lowest BCUT2D eigenvalue weighted by molar-refractivity contribution is 0.0855. The number of hydrogen-bond donors (Lipinski definition) is 2. The molecule has 94 valence electrons. The fourth-order valence-electron chi connectivity index (χ4n) is 2.18. The molecule has 0 bridgehead atoms. The summed E-state index contributed by atoms with van der Waals surface area (Å²) < 4.78 is 0. The summed E-state index contributed by atoms with van der Waals surface area (Å²) in [5.74, 6) is -0.112. The molecule has 0 radical (unpaired) electrons. The van der Waals surface area contributed by atoms with Crippen LogP contribution in [0.25, 0.3) is 10.3 Å². The fraction of sp³-hybridized carbons (Fsp3) is 0.417. The zero-order chi connectivity index (χ0) is 12.8. The van der Waals surface area contributed by atoms with Gasteiger partial charge in [0.2, 0.25) is 0 Å². The van der Waals surface area contributed by atoms with Gasteiger partial charge in [-0.3, -0.25) is 4.79 Å². The highest BCUT2D eigenvalue weighted by Crippen LogP contribution is 2.34. The number of carbonyl (C=O) groups excluding carboxylic acids is 1. The highest BCUT2D eigenvalue weighted by molar-refractivity contribution is 7.21. The molecule has 18 heavy (non-hydrogen) atoms. The molecule has 2 heterocycles. The molecule has 3 N–H and O–H groups in total. The van der Waals surface area contributed by atoms with Gasteiger partial charge in [-0.2, -0.15) is 0 Å². The van der Waals surface area contributed by atoms with Crippen LogP contribution in [0.2, 0.25) is 0 Å². The van der Waals surface area contributed by atoms with Gasteiger partial charge < -0.3 is 11.1 Å². The van der Waals surface area contributed by atoms with E-state index in [1.165, 1.54) is 17.8 Å². The molecule has 2 aromatic rings. The molecule has 0 saturated heterocycles. The van der Waals surface area contributed by atoms with Crippen LogP contribution in [0.1, 0.15) is 35.9 Å². The first-order chi connectivity index (χ1) is 8.59.